The van der Waals surface area contributed by atoms with Crippen LogP contribution in [-0.4, -0.2) is 17.7 Å². The Balaban J connectivity index is 2.67. The van der Waals surface area contributed by atoms with Gasteiger partial charge in [-0.3, -0.25) is 9.59 Å². The largest absolute Gasteiger partial charge is 0.290 e. The number of hydrogen-bond donors (Lipinski definition) is 0. The molecule has 0 aliphatic heterocycles. The zero-order valence-corrected chi connectivity index (χ0v) is 6.08. The van der Waals surface area contributed by atoms with Crippen molar-refractivity contribution >= 4 is 11.6 Å². The first-order chi connectivity index (χ1) is 5.72. The van der Waals surface area contributed by atoms with Crippen molar-refractivity contribution in [3.05, 3.63) is 35.4 Å². The Morgan fingerprint density at radius 3 is 1.83 bits per heavy atom. The van der Waals surface area contributed by atoms with E-state index in [1.165, 1.54) is 12.1 Å². The van der Waals surface area contributed by atoms with E-state index in [4.69, 9.17) is 0 Å². The summed E-state index contributed by atoms with van der Waals surface area (Å²) < 4.78 is 12.8. The van der Waals surface area contributed by atoms with Crippen LogP contribution < -0.4 is 0 Å². The average molecular weight is 164 g/mol. The molecule has 0 spiro atoms. The van der Waals surface area contributed by atoms with Gasteiger partial charge < -0.3 is 0 Å². The van der Waals surface area contributed by atoms with Gasteiger partial charge in [0, 0.05) is 11.1 Å². The number of benzene rings is 1. The Bertz CT molecular complexity index is 336. The molecule has 12 heavy (non-hydrogen) atoms. The van der Waals surface area contributed by atoms with Crippen molar-refractivity contribution in [2.45, 2.75) is 6.17 Å². The Labute approximate surface area is 68.0 Å². The molecule has 2 nitrogen and oxygen atoms in total. The molecule has 60 valence electrons. The molecule has 0 fully saturated rings. The number of carbonyl (C=O) groups is 2. The summed E-state index contributed by atoms with van der Waals surface area (Å²) in [5, 5.41) is 0. The van der Waals surface area contributed by atoms with Crippen LogP contribution in [0.1, 0.15) is 20.7 Å². The second-order valence-electron chi connectivity index (χ2n) is 2.64. The summed E-state index contributed by atoms with van der Waals surface area (Å²) in [7, 11) is 0. The maximum Gasteiger partial charge on any atom is 0.225 e. The topological polar surface area (TPSA) is 34.1 Å². The molecular weight excluding hydrogens is 159 g/mol. The monoisotopic (exact) mass is 164 g/mol. The number of alkyl halides is 1. The number of halogens is 1. The summed E-state index contributed by atoms with van der Waals surface area (Å²) in [6.07, 6.45) is -1.97. The van der Waals surface area contributed by atoms with Crippen molar-refractivity contribution in [2.24, 2.45) is 0 Å². The van der Waals surface area contributed by atoms with Gasteiger partial charge >= 0.3 is 0 Å². The van der Waals surface area contributed by atoms with Crippen LogP contribution in [0.5, 0.6) is 0 Å². The number of rotatable bonds is 0. The zero-order valence-electron chi connectivity index (χ0n) is 6.08. The lowest BCUT2D eigenvalue weighted by Crippen LogP contribution is -2.15. The van der Waals surface area contributed by atoms with Gasteiger partial charge in [-0.05, 0) is 0 Å². The molecule has 1 aromatic carbocycles. The minimum absolute atomic E-state index is 0.204. The van der Waals surface area contributed by atoms with Gasteiger partial charge in [-0.25, -0.2) is 4.39 Å². The highest BCUT2D eigenvalue weighted by molar-refractivity contribution is 6.28. The maximum atomic E-state index is 12.8. The zero-order chi connectivity index (χ0) is 8.72. The molecular formula is C9H5FO2. The first-order valence-electron chi connectivity index (χ1n) is 3.53. The summed E-state index contributed by atoms with van der Waals surface area (Å²) >= 11 is 0. The number of hydrogen-bond acceptors (Lipinski definition) is 2. The van der Waals surface area contributed by atoms with E-state index in [9.17, 15) is 14.0 Å². The highest BCUT2D eigenvalue weighted by atomic mass is 19.1. The third-order valence-electron chi connectivity index (χ3n) is 1.92. The number of carbonyl (C=O) groups excluding carboxylic acids is 2. The smallest absolute Gasteiger partial charge is 0.225 e. The van der Waals surface area contributed by atoms with Crippen LogP contribution in [0.15, 0.2) is 24.3 Å². The minimum atomic E-state index is -1.97. The molecule has 0 saturated heterocycles. The van der Waals surface area contributed by atoms with E-state index < -0.39 is 17.7 Å². The fourth-order valence-electron chi connectivity index (χ4n) is 1.30. The molecule has 1 aliphatic carbocycles. The quantitative estimate of drug-likeness (QED) is 0.543. The van der Waals surface area contributed by atoms with Crippen LogP contribution in [-0.2, 0) is 0 Å². The van der Waals surface area contributed by atoms with Gasteiger partial charge in [0.05, 0.1) is 0 Å². The lowest BCUT2D eigenvalue weighted by Gasteiger charge is -1.90. The van der Waals surface area contributed by atoms with Gasteiger partial charge in [0.1, 0.15) is 0 Å². The second kappa shape index (κ2) is 2.24. The van der Waals surface area contributed by atoms with Gasteiger partial charge in [0.15, 0.2) is 0 Å². The Morgan fingerprint density at radius 1 is 1.00 bits per heavy atom. The number of Topliss-reactive ketones (excluding diaryl/α,β-unsaturated/α-hetero) is 2. The third-order valence-corrected chi connectivity index (χ3v) is 1.92. The van der Waals surface area contributed by atoms with Crippen molar-refractivity contribution < 1.29 is 14.0 Å². The Kier molecular flexibility index (Phi) is 1.33. The number of ketones is 2. The van der Waals surface area contributed by atoms with E-state index in [0.29, 0.717) is 0 Å². The van der Waals surface area contributed by atoms with Crippen molar-refractivity contribution in [2.75, 3.05) is 0 Å². The highest BCUT2D eigenvalue weighted by Gasteiger charge is 2.38. The van der Waals surface area contributed by atoms with Crippen molar-refractivity contribution in [1.29, 1.82) is 0 Å². The fourth-order valence-corrected chi connectivity index (χ4v) is 1.30. The molecule has 0 amide bonds. The first-order valence-corrected chi connectivity index (χ1v) is 3.53. The lowest BCUT2D eigenvalue weighted by atomic mass is 10.1. The fraction of sp³-hybridized carbons (Fsp3) is 0.111. The van der Waals surface area contributed by atoms with Crippen LogP contribution >= 0.6 is 0 Å². The third kappa shape index (κ3) is 0.733. The van der Waals surface area contributed by atoms with Crippen molar-refractivity contribution in [3.8, 4) is 0 Å². The van der Waals surface area contributed by atoms with E-state index in [2.05, 4.69) is 0 Å². The van der Waals surface area contributed by atoms with E-state index in [1.807, 2.05) is 0 Å². The van der Waals surface area contributed by atoms with Crippen molar-refractivity contribution in [1.82, 2.24) is 0 Å². The standard InChI is InChI=1S/C9H5FO2/c10-7-8(11)5-3-1-2-4-6(5)9(7)12/h1-4,7H. The molecule has 3 heteroatoms. The molecule has 0 bridgehead atoms. The van der Waals surface area contributed by atoms with Crippen LogP contribution in [0.4, 0.5) is 4.39 Å². The molecule has 0 aromatic heterocycles. The van der Waals surface area contributed by atoms with Crippen LogP contribution in [0.3, 0.4) is 0 Å². The summed E-state index contributed by atoms with van der Waals surface area (Å²) in [6, 6.07) is 6.16. The van der Waals surface area contributed by atoms with Crippen LogP contribution in [0.25, 0.3) is 0 Å². The van der Waals surface area contributed by atoms with Gasteiger partial charge in [-0.2, -0.15) is 0 Å². The highest BCUT2D eigenvalue weighted by Crippen LogP contribution is 2.23. The molecule has 0 radical (unpaired) electrons. The summed E-state index contributed by atoms with van der Waals surface area (Å²) in [6.45, 7) is 0. The summed E-state index contributed by atoms with van der Waals surface area (Å²) in [5.41, 5.74) is 0.407. The average Bonchev–Trinajstić information content (AvgIpc) is 2.33. The van der Waals surface area contributed by atoms with Crippen LogP contribution in [0.2, 0.25) is 0 Å². The molecule has 0 unspecified atom stereocenters. The van der Waals surface area contributed by atoms with E-state index in [1.54, 1.807) is 12.1 Å². The van der Waals surface area contributed by atoms with E-state index >= 15 is 0 Å². The molecule has 1 aromatic rings. The summed E-state index contributed by atoms with van der Waals surface area (Å²) in [4.78, 5) is 22.0. The van der Waals surface area contributed by atoms with Gasteiger partial charge in [0.25, 0.3) is 0 Å². The summed E-state index contributed by atoms with van der Waals surface area (Å²) in [5.74, 6) is -1.42. The number of fused-ring (bicyclic) bond motifs is 1. The lowest BCUT2D eigenvalue weighted by molar-refractivity contribution is 0.0791. The first kappa shape index (κ1) is 7.16. The van der Waals surface area contributed by atoms with Gasteiger partial charge in [0.2, 0.25) is 17.7 Å². The second-order valence-corrected chi connectivity index (χ2v) is 2.64. The molecule has 0 heterocycles. The van der Waals surface area contributed by atoms with Crippen molar-refractivity contribution in [3.63, 3.8) is 0 Å². The molecule has 0 saturated carbocycles. The minimum Gasteiger partial charge on any atom is -0.290 e. The molecule has 2 rings (SSSR count). The predicted molar refractivity (Wildman–Crippen MR) is 40.0 cm³/mol. The Morgan fingerprint density at radius 2 is 1.42 bits per heavy atom. The SMILES string of the molecule is O=C1c2ccccc2C(=O)C1F. The predicted octanol–water partition coefficient (Wildman–Crippen LogP) is 1.40. The molecule has 1 aliphatic rings. The molecule has 0 N–H and O–H groups in total. The van der Waals surface area contributed by atoms with E-state index in [-0.39, 0.29) is 11.1 Å². The van der Waals surface area contributed by atoms with E-state index in [0.717, 1.165) is 0 Å². The maximum absolute atomic E-state index is 12.8. The molecule has 0 atom stereocenters. The normalized spacial score (nSPS) is 16.8. The van der Waals surface area contributed by atoms with Gasteiger partial charge in [-0.15, -0.1) is 0 Å². The van der Waals surface area contributed by atoms with Crippen LogP contribution in [0, 0.1) is 0 Å². The Hall–Kier alpha value is -1.51. The van der Waals surface area contributed by atoms with Gasteiger partial charge in [-0.1, -0.05) is 24.3 Å².